The average Bonchev–Trinajstić information content (AvgIpc) is 3.23. The van der Waals surface area contributed by atoms with Gasteiger partial charge in [-0.2, -0.15) is 5.10 Å². The molecule has 0 amide bonds. The Bertz CT molecular complexity index is 1100. The number of cyclic esters (lactones) is 1. The van der Waals surface area contributed by atoms with Gasteiger partial charge >= 0.3 is 5.97 Å². The molecule has 0 unspecified atom stereocenters. The first kappa shape index (κ1) is 18.0. The first-order valence-electron chi connectivity index (χ1n) is 8.54. The number of nitrogens with zero attached hydrogens (tertiary/aromatic N) is 3. The highest BCUT2D eigenvalue weighted by Gasteiger charge is 2.25. The van der Waals surface area contributed by atoms with Gasteiger partial charge in [-0.15, -0.1) is 0 Å². The molecule has 0 fully saturated rings. The summed E-state index contributed by atoms with van der Waals surface area (Å²) < 4.78 is 12.1. The van der Waals surface area contributed by atoms with Gasteiger partial charge in [0.15, 0.2) is 5.70 Å². The van der Waals surface area contributed by atoms with Gasteiger partial charge in [0.1, 0.15) is 10.9 Å². The number of halogens is 1. The molecule has 1 aromatic heterocycles. The summed E-state index contributed by atoms with van der Waals surface area (Å²) in [5, 5.41) is 4.87. The van der Waals surface area contributed by atoms with Crippen LogP contribution in [0, 0.1) is 6.92 Å². The van der Waals surface area contributed by atoms with Crippen molar-refractivity contribution in [3.8, 4) is 11.4 Å². The van der Waals surface area contributed by atoms with Crippen LogP contribution < -0.4 is 4.74 Å². The molecule has 0 bridgehead atoms. The molecule has 2 heterocycles. The van der Waals surface area contributed by atoms with Crippen molar-refractivity contribution in [1.82, 2.24) is 9.78 Å². The fourth-order valence-corrected chi connectivity index (χ4v) is 3.15. The van der Waals surface area contributed by atoms with Gasteiger partial charge in [-0.3, -0.25) is 0 Å². The van der Waals surface area contributed by atoms with Crippen molar-refractivity contribution in [3.63, 3.8) is 0 Å². The van der Waals surface area contributed by atoms with Gasteiger partial charge in [0.2, 0.25) is 5.90 Å². The van der Waals surface area contributed by atoms with E-state index in [0.29, 0.717) is 27.7 Å². The molecule has 3 aromatic rings. The lowest BCUT2D eigenvalue weighted by Gasteiger charge is -2.02. The summed E-state index contributed by atoms with van der Waals surface area (Å²) in [6.45, 7) is 1.83. The maximum atomic E-state index is 12.3. The van der Waals surface area contributed by atoms with E-state index in [0.717, 1.165) is 5.69 Å². The van der Waals surface area contributed by atoms with Crippen LogP contribution >= 0.6 is 11.6 Å². The lowest BCUT2D eigenvalue weighted by molar-refractivity contribution is -0.129. The summed E-state index contributed by atoms with van der Waals surface area (Å²) in [6.07, 6.45) is 1.60. The third-order valence-corrected chi connectivity index (χ3v) is 4.65. The Kier molecular flexibility index (Phi) is 4.71. The van der Waals surface area contributed by atoms with Crippen LogP contribution in [0.2, 0.25) is 5.15 Å². The topological polar surface area (TPSA) is 65.7 Å². The van der Waals surface area contributed by atoms with Crippen molar-refractivity contribution in [1.29, 1.82) is 0 Å². The van der Waals surface area contributed by atoms with E-state index in [2.05, 4.69) is 10.1 Å². The van der Waals surface area contributed by atoms with Gasteiger partial charge < -0.3 is 9.47 Å². The van der Waals surface area contributed by atoms with E-state index < -0.39 is 5.97 Å². The number of para-hydroxylation sites is 1. The van der Waals surface area contributed by atoms with Crippen LogP contribution in [-0.4, -0.2) is 28.8 Å². The Labute approximate surface area is 166 Å². The average molecular weight is 394 g/mol. The van der Waals surface area contributed by atoms with Crippen LogP contribution in [0.25, 0.3) is 11.8 Å². The van der Waals surface area contributed by atoms with E-state index in [9.17, 15) is 4.79 Å². The van der Waals surface area contributed by atoms with Gasteiger partial charge in [0, 0.05) is 11.1 Å². The number of benzene rings is 2. The zero-order valence-electron chi connectivity index (χ0n) is 15.2. The van der Waals surface area contributed by atoms with Crippen LogP contribution in [0.4, 0.5) is 0 Å². The van der Waals surface area contributed by atoms with E-state index in [1.165, 1.54) is 0 Å². The summed E-state index contributed by atoms with van der Waals surface area (Å²) in [7, 11) is 1.59. The highest BCUT2D eigenvalue weighted by atomic mass is 35.5. The second kappa shape index (κ2) is 7.32. The number of aliphatic imine (C=N–C) groups is 1. The maximum Gasteiger partial charge on any atom is 0.363 e. The molecule has 4 rings (SSSR count). The van der Waals surface area contributed by atoms with Gasteiger partial charge in [0.25, 0.3) is 0 Å². The predicted molar refractivity (Wildman–Crippen MR) is 107 cm³/mol. The second-order valence-electron chi connectivity index (χ2n) is 6.10. The smallest absolute Gasteiger partial charge is 0.363 e. The van der Waals surface area contributed by atoms with Crippen LogP contribution in [0.15, 0.2) is 65.3 Å². The molecule has 0 aliphatic carbocycles. The van der Waals surface area contributed by atoms with Gasteiger partial charge in [-0.25, -0.2) is 14.5 Å². The summed E-state index contributed by atoms with van der Waals surface area (Å²) in [5.41, 5.74) is 2.99. The highest BCUT2D eigenvalue weighted by Crippen LogP contribution is 2.28. The van der Waals surface area contributed by atoms with Gasteiger partial charge in [0.05, 0.1) is 18.5 Å². The molecular weight excluding hydrogens is 378 g/mol. The number of carbonyl (C=O) groups excluding carboxylic acids is 1. The zero-order valence-corrected chi connectivity index (χ0v) is 16.0. The Morgan fingerprint density at radius 3 is 2.50 bits per heavy atom. The van der Waals surface area contributed by atoms with Gasteiger partial charge in [-0.05, 0) is 49.4 Å². The molecule has 1 aliphatic heterocycles. The normalized spacial score (nSPS) is 14.9. The van der Waals surface area contributed by atoms with Gasteiger partial charge in [-0.1, -0.05) is 29.8 Å². The number of aromatic nitrogens is 2. The van der Waals surface area contributed by atoms with Crippen LogP contribution in [-0.2, 0) is 9.53 Å². The first-order chi connectivity index (χ1) is 13.6. The summed E-state index contributed by atoms with van der Waals surface area (Å²) in [6, 6.07) is 16.6. The molecular formula is C21H16ClN3O3. The summed E-state index contributed by atoms with van der Waals surface area (Å²) in [4.78, 5) is 16.6. The highest BCUT2D eigenvalue weighted by molar-refractivity contribution is 6.31. The van der Waals surface area contributed by atoms with Crippen LogP contribution in [0.3, 0.4) is 0 Å². The number of hydrogen-bond donors (Lipinski definition) is 0. The third kappa shape index (κ3) is 3.30. The largest absolute Gasteiger partial charge is 0.497 e. The monoisotopic (exact) mass is 393 g/mol. The molecule has 0 radical (unpaired) electrons. The number of hydrogen-bond acceptors (Lipinski definition) is 5. The number of carbonyl (C=O) groups is 1. The fourth-order valence-electron chi connectivity index (χ4n) is 2.82. The number of ether oxygens (including phenoxy) is 2. The SMILES string of the molecule is COc1ccc(C2=NC(=Cc3c(C)nn(-c4ccccc4)c3Cl)C(=O)O2)cc1. The molecule has 0 saturated heterocycles. The molecule has 140 valence electrons. The molecule has 2 aromatic carbocycles. The van der Waals surface area contributed by atoms with E-state index in [1.54, 1.807) is 42.1 Å². The molecule has 7 heteroatoms. The Morgan fingerprint density at radius 1 is 1.11 bits per heavy atom. The predicted octanol–water partition coefficient (Wildman–Crippen LogP) is 4.19. The molecule has 28 heavy (non-hydrogen) atoms. The van der Waals surface area contributed by atoms with Crippen LogP contribution in [0.5, 0.6) is 5.75 Å². The van der Waals surface area contributed by atoms with E-state index in [4.69, 9.17) is 21.1 Å². The van der Waals surface area contributed by atoms with E-state index in [1.807, 2.05) is 37.3 Å². The number of aryl methyl sites for hydroxylation is 1. The summed E-state index contributed by atoms with van der Waals surface area (Å²) in [5.74, 6) is 0.414. The Hall–Kier alpha value is -3.38. The molecule has 0 spiro atoms. The number of rotatable bonds is 4. The van der Waals surface area contributed by atoms with E-state index in [-0.39, 0.29) is 11.6 Å². The number of esters is 1. The molecule has 1 aliphatic rings. The minimum Gasteiger partial charge on any atom is -0.497 e. The van der Waals surface area contributed by atoms with Crippen molar-refractivity contribution in [3.05, 3.63) is 82.3 Å². The first-order valence-corrected chi connectivity index (χ1v) is 8.92. The summed E-state index contributed by atoms with van der Waals surface area (Å²) >= 11 is 6.52. The van der Waals surface area contributed by atoms with E-state index >= 15 is 0 Å². The Morgan fingerprint density at radius 2 is 1.82 bits per heavy atom. The Balaban J connectivity index is 1.70. The molecule has 0 atom stereocenters. The minimum atomic E-state index is -0.534. The maximum absolute atomic E-state index is 12.3. The van der Waals surface area contributed by atoms with Crippen molar-refractivity contribution in [2.75, 3.05) is 7.11 Å². The fraction of sp³-hybridized carbons (Fsp3) is 0.0952. The number of methoxy groups -OCH3 is 1. The minimum absolute atomic E-state index is 0.170. The lowest BCUT2D eigenvalue weighted by atomic mass is 10.2. The molecule has 6 nitrogen and oxygen atoms in total. The third-order valence-electron chi connectivity index (χ3n) is 4.29. The quantitative estimate of drug-likeness (QED) is 0.492. The zero-order chi connectivity index (χ0) is 19.7. The lowest BCUT2D eigenvalue weighted by Crippen LogP contribution is -2.05. The molecule has 0 saturated carbocycles. The van der Waals surface area contributed by atoms with Crippen LogP contribution in [0.1, 0.15) is 16.8 Å². The van der Waals surface area contributed by atoms with Crippen molar-refractivity contribution >= 4 is 29.5 Å². The standard InChI is InChI=1S/C21H16ClN3O3/c1-13-17(19(22)25(24-13)15-6-4-3-5-7-15)12-18-21(26)28-20(23-18)14-8-10-16(27-2)11-9-14/h3-12H,1-2H3. The second-order valence-corrected chi connectivity index (χ2v) is 6.46. The van der Waals surface area contributed by atoms with Crippen molar-refractivity contribution in [2.45, 2.75) is 6.92 Å². The van der Waals surface area contributed by atoms with Crippen molar-refractivity contribution in [2.24, 2.45) is 4.99 Å². The molecule has 0 N–H and O–H groups in total. The van der Waals surface area contributed by atoms with Crippen molar-refractivity contribution < 1.29 is 14.3 Å².